The zero-order valence-electron chi connectivity index (χ0n) is 12.0. The number of rotatable bonds is 7. The molecule has 1 atom stereocenters. The lowest BCUT2D eigenvalue weighted by Crippen LogP contribution is -2.46. The van der Waals surface area contributed by atoms with E-state index in [0.717, 1.165) is 6.23 Å². The van der Waals surface area contributed by atoms with Gasteiger partial charge in [0.1, 0.15) is 0 Å². The minimum atomic E-state index is -1.94. The third kappa shape index (κ3) is 9.94. The highest BCUT2D eigenvalue weighted by atomic mass is 28.5. The third-order valence-electron chi connectivity index (χ3n) is 1.68. The van der Waals surface area contributed by atoms with E-state index < -0.39 is 26.2 Å². The number of hydrogen-bond donors (Lipinski definition) is 0. The van der Waals surface area contributed by atoms with Gasteiger partial charge in [0.15, 0.2) is 8.32 Å². The van der Waals surface area contributed by atoms with Crippen LogP contribution in [0, 0.1) is 0 Å². The van der Waals surface area contributed by atoms with Crippen LogP contribution in [0.25, 0.3) is 0 Å². The predicted molar refractivity (Wildman–Crippen MR) is 79.4 cm³/mol. The molecule has 7 heteroatoms. The predicted octanol–water partition coefficient (Wildman–Crippen LogP) is 2.72. The maximum Gasteiger partial charge on any atom is 0.322 e. The van der Waals surface area contributed by atoms with Gasteiger partial charge in [-0.2, -0.15) is 0 Å². The molecule has 0 aliphatic rings. The SMILES string of the molecule is C[Si](C)CO[Si](C)(C)O[SiH](C)O[Si](C)(C)C. The Labute approximate surface area is 106 Å². The van der Waals surface area contributed by atoms with Gasteiger partial charge in [-0.25, -0.2) is 0 Å². The largest absolute Gasteiger partial charge is 0.439 e. The van der Waals surface area contributed by atoms with Crippen LogP contribution in [0.2, 0.25) is 52.4 Å². The highest BCUT2D eigenvalue weighted by Gasteiger charge is 2.30. The van der Waals surface area contributed by atoms with Gasteiger partial charge < -0.3 is 12.7 Å². The van der Waals surface area contributed by atoms with E-state index in [2.05, 4.69) is 52.4 Å². The Kier molecular flexibility index (Phi) is 6.93. The van der Waals surface area contributed by atoms with Crippen molar-refractivity contribution in [1.82, 2.24) is 0 Å². The summed E-state index contributed by atoms with van der Waals surface area (Å²) < 4.78 is 18.0. The highest BCUT2D eigenvalue weighted by Crippen LogP contribution is 2.13. The fourth-order valence-corrected chi connectivity index (χ4v) is 11.9. The van der Waals surface area contributed by atoms with E-state index in [4.69, 9.17) is 12.7 Å². The summed E-state index contributed by atoms with van der Waals surface area (Å²) in [5.41, 5.74) is 0. The Hall–Kier alpha value is 0.748. The zero-order chi connectivity index (χ0) is 13.0. The molecule has 0 amide bonds. The molecular weight excluding hydrogens is 268 g/mol. The van der Waals surface area contributed by atoms with Crippen molar-refractivity contribution >= 4 is 35.0 Å². The Morgan fingerprint density at radius 2 is 1.50 bits per heavy atom. The molecule has 0 spiro atoms. The van der Waals surface area contributed by atoms with Crippen molar-refractivity contribution in [2.24, 2.45) is 0 Å². The molecule has 97 valence electrons. The van der Waals surface area contributed by atoms with Gasteiger partial charge in [0.05, 0.1) is 8.80 Å². The lowest BCUT2D eigenvalue weighted by molar-refractivity contribution is 0.275. The van der Waals surface area contributed by atoms with Crippen molar-refractivity contribution in [3.8, 4) is 0 Å². The first-order valence-corrected chi connectivity index (χ1v) is 16.8. The molecule has 0 aliphatic carbocycles. The summed E-state index contributed by atoms with van der Waals surface area (Å²) in [6.45, 7) is 17.5. The van der Waals surface area contributed by atoms with Gasteiger partial charge >= 0.3 is 8.56 Å². The lowest BCUT2D eigenvalue weighted by Gasteiger charge is -2.30. The van der Waals surface area contributed by atoms with E-state index in [1.165, 1.54) is 0 Å². The summed E-state index contributed by atoms with van der Waals surface area (Å²) in [6.07, 6.45) is 0.887. The van der Waals surface area contributed by atoms with Crippen LogP contribution >= 0.6 is 0 Å². The van der Waals surface area contributed by atoms with E-state index in [0.29, 0.717) is 0 Å². The van der Waals surface area contributed by atoms with Crippen molar-refractivity contribution in [3.05, 3.63) is 0 Å². The molecule has 0 heterocycles. The van der Waals surface area contributed by atoms with Crippen LogP contribution in [0.15, 0.2) is 0 Å². The fraction of sp³-hybridized carbons (Fsp3) is 1.00. The monoisotopic (exact) mass is 295 g/mol. The van der Waals surface area contributed by atoms with E-state index in [1.54, 1.807) is 0 Å². The molecule has 0 aliphatic heterocycles. The molecule has 1 unspecified atom stereocenters. The van der Waals surface area contributed by atoms with E-state index >= 15 is 0 Å². The fourth-order valence-electron chi connectivity index (χ4n) is 1.27. The molecule has 0 aromatic heterocycles. The second-order valence-corrected chi connectivity index (χ2v) is 18.8. The normalized spacial score (nSPS) is 15.6. The van der Waals surface area contributed by atoms with Crippen LogP contribution in [0.4, 0.5) is 0 Å². The average molecular weight is 296 g/mol. The summed E-state index contributed by atoms with van der Waals surface area (Å²) in [5, 5.41) is 0. The summed E-state index contributed by atoms with van der Waals surface area (Å²) in [4.78, 5) is 0. The quantitative estimate of drug-likeness (QED) is 0.676. The first kappa shape index (κ1) is 16.7. The molecule has 0 N–H and O–H groups in total. The van der Waals surface area contributed by atoms with Crippen molar-refractivity contribution < 1.29 is 12.7 Å². The molecule has 0 bridgehead atoms. The van der Waals surface area contributed by atoms with Crippen LogP contribution < -0.4 is 0 Å². The van der Waals surface area contributed by atoms with Gasteiger partial charge in [0.25, 0.3) is 9.28 Å². The Bertz CT molecular complexity index is 203. The van der Waals surface area contributed by atoms with Gasteiger partial charge in [0.2, 0.25) is 0 Å². The second-order valence-electron chi connectivity index (χ2n) is 5.81. The third-order valence-corrected chi connectivity index (χ3v) is 11.3. The molecule has 0 fully saturated rings. The molecular formula is C9H27O3Si4. The highest BCUT2D eigenvalue weighted by molar-refractivity contribution is 6.79. The second kappa shape index (κ2) is 6.62. The van der Waals surface area contributed by atoms with E-state index in [-0.39, 0.29) is 8.80 Å². The topological polar surface area (TPSA) is 27.7 Å². The summed E-state index contributed by atoms with van der Waals surface area (Å²) in [6, 6.07) is 0. The number of hydrogen-bond acceptors (Lipinski definition) is 3. The van der Waals surface area contributed by atoms with Crippen molar-refractivity contribution in [3.63, 3.8) is 0 Å². The Morgan fingerprint density at radius 3 is 1.88 bits per heavy atom. The minimum Gasteiger partial charge on any atom is -0.439 e. The molecule has 1 radical (unpaired) electrons. The molecule has 0 aromatic carbocycles. The summed E-state index contributed by atoms with van der Waals surface area (Å²) in [7, 11) is -5.23. The van der Waals surface area contributed by atoms with Gasteiger partial charge in [-0.15, -0.1) is 0 Å². The molecule has 16 heavy (non-hydrogen) atoms. The van der Waals surface area contributed by atoms with Crippen molar-refractivity contribution in [2.75, 3.05) is 6.23 Å². The molecule has 0 saturated heterocycles. The van der Waals surface area contributed by atoms with Crippen LogP contribution in [-0.4, -0.2) is 41.2 Å². The zero-order valence-corrected chi connectivity index (χ0v) is 16.2. The van der Waals surface area contributed by atoms with Crippen molar-refractivity contribution in [1.29, 1.82) is 0 Å². The summed E-state index contributed by atoms with van der Waals surface area (Å²) in [5.74, 6) is 0. The van der Waals surface area contributed by atoms with Crippen LogP contribution in [0.5, 0.6) is 0 Å². The lowest BCUT2D eigenvalue weighted by atomic mass is 11.7. The standard InChI is InChI=1S/C9H27O3Si4/c1-13(2)9-10-16(7,8)12-14(3)11-15(4,5)6/h14H,9H2,1-8H3. The van der Waals surface area contributed by atoms with Gasteiger partial charge in [-0.3, -0.25) is 0 Å². The summed E-state index contributed by atoms with van der Waals surface area (Å²) >= 11 is 0. The van der Waals surface area contributed by atoms with Gasteiger partial charge in [0, 0.05) is 6.23 Å². The smallest absolute Gasteiger partial charge is 0.322 e. The molecule has 0 rings (SSSR count). The minimum absolute atomic E-state index is 0.322. The molecule has 0 saturated carbocycles. The maximum absolute atomic E-state index is 6.05. The first-order valence-electron chi connectivity index (χ1n) is 5.80. The van der Waals surface area contributed by atoms with E-state index in [1.807, 2.05) is 0 Å². The van der Waals surface area contributed by atoms with Gasteiger partial charge in [-0.1, -0.05) is 13.1 Å². The molecule has 3 nitrogen and oxygen atoms in total. The maximum atomic E-state index is 6.05. The van der Waals surface area contributed by atoms with Crippen molar-refractivity contribution in [2.45, 2.75) is 52.4 Å². The Balaban J connectivity index is 4.04. The molecule has 0 aromatic rings. The Morgan fingerprint density at radius 1 is 1.00 bits per heavy atom. The first-order chi connectivity index (χ1) is 7.02. The van der Waals surface area contributed by atoms with Crippen LogP contribution in [0.3, 0.4) is 0 Å². The van der Waals surface area contributed by atoms with Crippen LogP contribution in [0.1, 0.15) is 0 Å². The van der Waals surface area contributed by atoms with Gasteiger partial charge in [-0.05, 0) is 39.3 Å². The van der Waals surface area contributed by atoms with E-state index in [9.17, 15) is 0 Å². The average Bonchev–Trinajstić information content (AvgIpc) is 1.95. The van der Waals surface area contributed by atoms with Crippen LogP contribution in [-0.2, 0) is 12.7 Å².